The first-order chi connectivity index (χ1) is 14.4. The average Bonchev–Trinajstić information content (AvgIpc) is 2.67. The monoisotopic (exact) mass is 447 g/mol. The SMILES string of the molecule is Cc1ccc(C(C)NC(=O)CCCN(c2cc([N+](=O)[O-])ccc2C)S(C)(=O)=O)cc1C. The van der Waals surface area contributed by atoms with Gasteiger partial charge in [-0.25, -0.2) is 8.42 Å². The van der Waals surface area contributed by atoms with Crippen LogP contribution in [0.4, 0.5) is 11.4 Å². The smallest absolute Gasteiger partial charge is 0.271 e. The van der Waals surface area contributed by atoms with Crippen molar-refractivity contribution in [2.24, 2.45) is 0 Å². The number of carbonyl (C=O) groups is 1. The van der Waals surface area contributed by atoms with Crippen molar-refractivity contribution in [2.45, 2.75) is 46.6 Å². The van der Waals surface area contributed by atoms with E-state index in [2.05, 4.69) is 5.32 Å². The number of anilines is 1. The van der Waals surface area contributed by atoms with E-state index in [1.54, 1.807) is 6.92 Å². The predicted molar refractivity (Wildman–Crippen MR) is 122 cm³/mol. The van der Waals surface area contributed by atoms with Crippen LogP contribution in [0.25, 0.3) is 0 Å². The molecule has 2 aromatic rings. The fourth-order valence-corrected chi connectivity index (χ4v) is 4.27. The second-order valence-electron chi connectivity index (χ2n) is 7.80. The van der Waals surface area contributed by atoms with Crippen LogP contribution in [0, 0.1) is 30.9 Å². The van der Waals surface area contributed by atoms with Crippen LogP contribution >= 0.6 is 0 Å². The van der Waals surface area contributed by atoms with Gasteiger partial charge in [0.2, 0.25) is 15.9 Å². The minimum Gasteiger partial charge on any atom is -0.350 e. The molecule has 1 amide bonds. The second kappa shape index (κ2) is 9.91. The summed E-state index contributed by atoms with van der Waals surface area (Å²) in [6, 6.07) is 9.96. The van der Waals surface area contributed by atoms with Crippen molar-refractivity contribution in [3.63, 3.8) is 0 Å². The standard InChI is InChI=1S/C22H29N3O5S/c1-15-8-10-19(13-17(15)3)18(4)23-22(26)7-6-12-24(31(5,29)30)21-14-20(25(27)28)11-9-16(21)2/h8-11,13-14,18H,6-7,12H2,1-5H3,(H,23,26). The predicted octanol–water partition coefficient (Wildman–Crippen LogP) is 3.94. The molecule has 1 N–H and O–H groups in total. The quantitative estimate of drug-likeness (QED) is 0.462. The largest absolute Gasteiger partial charge is 0.350 e. The van der Waals surface area contributed by atoms with Crippen LogP contribution in [0.5, 0.6) is 0 Å². The Morgan fingerprint density at radius 1 is 1.10 bits per heavy atom. The molecule has 9 heteroatoms. The molecule has 0 bridgehead atoms. The number of nitro benzene ring substituents is 1. The lowest BCUT2D eigenvalue weighted by Gasteiger charge is -2.24. The number of carbonyl (C=O) groups excluding carboxylic acids is 1. The van der Waals surface area contributed by atoms with Gasteiger partial charge in [0.15, 0.2) is 0 Å². The molecule has 0 spiro atoms. The third-order valence-corrected chi connectivity index (χ3v) is 6.43. The fourth-order valence-electron chi connectivity index (χ4n) is 3.26. The number of hydrogen-bond acceptors (Lipinski definition) is 5. The molecule has 31 heavy (non-hydrogen) atoms. The Balaban J connectivity index is 2.05. The molecule has 2 rings (SSSR count). The van der Waals surface area contributed by atoms with Gasteiger partial charge in [0.05, 0.1) is 22.9 Å². The molecule has 0 aliphatic carbocycles. The summed E-state index contributed by atoms with van der Waals surface area (Å²) < 4.78 is 25.8. The first-order valence-electron chi connectivity index (χ1n) is 9.99. The highest BCUT2D eigenvalue weighted by atomic mass is 32.2. The van der Waals surface area contributed by atoms with E-state index in [-0.39, 0.29) is 42.7 Å². The zero-order chi connectivity index (χ0) is 23.3. The summed E-state index contributed by atoms with van der Waals surface area (Å²) in [6.45, 7) is 7.68. The molecule has 0 saturated heterocycles. The van der Waals surface area contributed by atoms with Gasteiger partial charge in [-0.1, -0.05) is 24.3 Å². The number of hydrogen-bond donors (Lipinski definition) is 1. The van der Waals surface area contributed by atoms with Gasteiger partial charge in [-0.05, 0) is 56.4 Å². The summed E-state index contributed by atoms with van der Waals surface area (Å²) >= 11 is 0. The topological polar surface area (TPSA) is 110 Å². The van der Waals surface area contributed by atoms with Crippen molar-refractivity contribution < 1.29 is 18.1 Å². The third-order valence-electron chi connectivity index (χ3n) is 5.25. The molecule has 0 aliphatic rings. The minimum absolute atomic E-state index is 0.0479. The number of aryl methyl sites for hydroxylation is 3. The number of sulfonamides is 1. The van der Waals surface area contributed by atoms with Crippen molar-refractivity contribution in [1.82, 2.24) is 5.32 Å². The van der Waals surface area contributed by atoms with Crippen LogP contribution < -0.4 is 9.62 Å². The van der Waals surface area contributed by atoms with Gasteiger partial charge >= 0.3 is 0 Å². The zero-order valence-electron chi connectivity index (χ0n) is 18.5. The van der Waals surface area contributed by atoms with Crippen LogP contribution in [0.3, 0.4) is 0 Å². The molecule has 0 aromatic heterocycles. The zero-order valence-corrected chi connectivity index (χ0v) is 19.3. The van der Waals surface area contributed by atoms with Crippen molar-refractivity contribution in [2.75, 3.05) is 17.1 Å². The minimum atomic E-state index is -3.68. The number of nitro groups is 1. The van der Waals surface area contributed by atoms with Crippen LogP contribution in [-0.4, -0.2) is 32.0 Å². The van der Waals surface area contributed by atoms with Crippen molar-refractivity contribution in [3.05, 3.63) is 68.8 Å². The molecule has 0 radical (unpaired) electrons. The summed E-state index contributed by atoms with van der Waals surface area (Å²) in [5.41, 5.74) is 3.99. The molecule has 1 atom stereocenters. The lowest BCUT2D eigenvalue weighted by atomic mass is 10.0. The molecule has 0 heterocycles. The van der Waals surface area contributed by atoms with E-state index < -0.39 is 14.9 Å². The van der Waals surface area contributed by atoms with E-state index >= 15 is 0 Å². The first kappa shape index (κ1) is 24.3. The van der Waals surface area contributed by atoms with E-state index in [1.807, 2.05) is 39.0 Å². The van der Waals surface area contributed by atoms with Crippen LogP contribution in [0.15, 0.2) is 36.4 Å². The number of benzene rings is 2. The highest BCUT2D eigenvalue weighted by Gasteiger charge is 2.22. The van der Waals surface area contributed by atoms with Crippen LogP contribution in [0.1, 0.15) is 48.1 Å². The summed E-state index contributed by atoms with van der Waals surface area (Å²) in [5, 5.41) is 14.0. The lowest BCUT2D eigenvalue weighted by molar-refractivity contribution is -0.384. The molecule has 0 fully saturated rings. The van der Waals surface area contributed by atoms with E-state index in [0.29, 0.717) is 5.56 Å². The van der Waals surface area contributed by atoms with Gasteiger partial charge < -0.3 is 5.32 Å². The number of non-ortho nitro benzene ring substituents is 1. The van der Waals surface area contributed by atoms with Gasteiger partial charge in [0.1, 0.15) is 0 Å². The molecule has 168 valence electrons. The second-order valence-corrected chi connectivity index (χ2v) is 9.71. The summed E-state index contributed by atoms with van der Waals surface area (Å²) in [4.78, 5) is 22.9. The Labute approximate surface area is 183 Å². The van der Waals surface area contributed by atoms with Crippen LogP contribution in [0.2, 0.25) is 0 Å². The van der Waals surface area contributed by atoms with Gasteiger partial charge in [-0.2, -0.15) is 0 Å². The van der Waals surface area contributed by atoms with Gasteiger partial charge in [-0.3, -0.25) is 19.2 Å². The van der Waals surface area contributed by atoms with Crippen molar-refractivity contribution in [3.8, 4) is 0 Å². The van der Waals surface area contributed by atoms with Gasteiger partial charge in [0, 0.05) is 25.1 Å². The molecule has 8 nitrogen and oxygen atoms in total. The molecular formula is C22H29N3O5S. The normalized spacial score (nSPS) is 12.3. The molecular weight excluding hydrogens is 418 g/mol. The summed E-state index contributed by atoms with van der Waals surface area (Å²) in [6.07, 6.45) is 1.46. The average molecular weight is 448 g/mol. The van der Waals surface area contributed by atoms with Crippen molar-refractivity contribution in [1.29, 1.82) is 0 Å². The number of amides is 1. The maximum Gasteiger partial charge on any atom is 0.271 e. The van der Waals surface area contributed by atoms with E-state index in [4.69, 9.17) is 0 Å². The third kappa shape index (κ3) is 6.52. The highest BCUT2D eigenvalue weighted by molar-refractivity contribution is 7.92. The Morgan fingerprint density at radius 2 is 1.74 bits per heavy atom. The Kier molecular flexibility index (Phi) is 7.78. The molecule has 1 unspecified atom stereocenters. The summed E-state index contributed by atoms with van der Waals surface area (Å²) in [5.74, 6) is -0.185. The fraction of sp³-hybridized carbons (Fsp3) is 0.409. The van der Waals surface area contributed by atoms with Gasteiger partial charge in [-0.15, -0.1) is 0 Å². The highest BCUT2D eigenvalue weighted by Crippen LogP contribution is 2.28. The van der Waals surface area contributed by atoms with E-state index in [9.17, 15) is 23.3 Å². The first-order valence-corrected chi connectivity index (χ1v) is 11.8. The lowest BCUT2D eigenvalue weighted by Crippen LogP contribution is -2.33. The van der Waals surface area contributed by atoms with Crippen molar-refractivity contribution >= 4 is 27.3 Å². The van der Waals surface area contributed by atoms with Crippen LogP contribution in [-0.2, 0) is 14.8 Å². The van der Waals surface area contributed by atoms with E-state index in [1.165, 1.54) is 23.8 Å². The Hall–Kier alpha value is -2.94. The maximum absolute atomic E-state index is 12.4. The summed E-state index contributed by atoms with van der Waals surface area (Å²) in [7, 11) is -3.68. The molecule has 0 aliphatic heterocycles. The number of nitrogens with zero attached hydrogens (tertiary/aromatic N) is 2. The Bertz CT molecular complexity index is 1080. The van der Waals surface area contributed by atoms with E-state index in [0.717, 1.165) is 21.7 Å². The van der Waals surface area contributed by atoms with Gasteiger partial charge in [0.25, 0.3) is 5.69 Å². The number of nitrogens with one attached hydrogen (secondary N) is 1. The number of rotatable bonds is 9. The molecule has 0 saturated carbocycles. The maximum atomic E-state index is 12.4. The Morgan fingerprint density at radius 3 is 2.32 bits per heavy atom. The molecule has 2 aromatic carbocycles.